The van der Waals surface area contributed by atoms with Crippen LogP contribution in [0.1, 0.15) is 46.6 Å². The maximum Gasteiger partial charge on any atom is 0.301 e. The summed E-state index contributed by atoms with van der Waals surface area (Å²) < 4.78 is 8.24. The van der Waals surface area contributed by atoms with Gasteiger partial charge in [0.2, 0.25) is 5.13 Å². The zero-order valence-electron chi connectivity index (χ0n) is 24.1. The predicted molar refractivity (Wildman–Crippen MR) is 168 cm³/mol. The largest absolute Gasteiger partial charge is 0.505 e. The second-order valence-electron chi connectivity index (χ2n) is 10.2. The van der Waals surface area contributed by atoms with E-state index in [1.54, 1.807) is 24.3 Å². The van der Waals surface area contributed by atoms with Crippen molar-refractivity contribution in [2.45, 2.75) is 43.8 Å². The molecule has 6 rings (SSSR count). The van der Waals surface area contributed by atoms with E-state index in [9.17, 15) is 14.7 Å². The van der Waals surface area contributed by atoms with Crippen molar-refractivity contribution in [1.82, 2.24) is 19.6 Å². The molecule has 0 bridgehead atoms. The first-order valence-electron chi connectivity index (χ1n) is 13.8. The van der Waals surface area contributed by atoms with E-state index in [1.807, 2.05) is 50.4 Å². The molecule has 5 aromatic rings. The van der Waals surface area contributed by atoms with Crippen LogP contribution in [0.15, 0.2) is 76.8 Å². The number of aliphatic hydroxyl groups is 1. The quantitative estimate of drug-likeness (QED) is 0.0703. The summed E-state index contributed by atoms with van der Waals surface area (Å²) in [6.07, 6.45) is 1.85. The Morgan fingerprint density at radius 3 is 2.58 bits per heavy atom. The van der Waals surface area contributed by atoms with Gasteiger partial charge in [0.05, 0.1) is 23.9 Å². The first-order chi connectivity index (χ1) is 20.8. The van der Waals surface area contributed by atoms with E-state index in [0.717, 1.165) is 11.1 Å². The molecule has 4 heterocycles. The summed E-state index contributed by atoms with van der Waals surface area (Å²) in [4.78, 5) is 33.4. The van der Waals surface area contributed by atoms with Crippen molar-refractivity contribution in [3.63, 3.8) is 0 Å². The number of hydrogen-bond acceptors (Lipinski definition) is 9. The molecule has 9 nitrogen and oxygen atoms in total. The second-order valence-corrected chi connectivity index (χ2v) is 12.4. The van der Waals surface area contributed by atoms with Crippen LogP contribution < -0.4 is 9.64 Å². The molecule has 1 fully saturated rings. The van der Waals surface area contributed by atoms with Gasteiger partial charge in [0.15, 0.2) is 10.1 Å². The number of pyridine rings is 1. The highest BCUT2D eigenvalue weighted by Crippen LogP contribution is 2.45. The molecule has 11 heteroatoms. The van der Waals surface area contributed by atoms with Crippen LogP contribution >= 0.6 is 23.1 Å². The van der Waals surface area contributed by atoms with Crippen LogP contribution in [0, 0.1) is 20.8 Å². The Morgan fingerprint density at radius 2 is 1.84 bits per heavy atom. The van der Waals surface area contributed by atoms with E-state index in [4.69, 9.17) is 4.74 Å². The molecule has 1 atom stereocenters. The van der Waals surface area contributed by atoms with Gasteiger partial charge in [0.1, 0.15) is 17.1 Å². The van der Waals surface area contributed by atoms with Gasteiger partial charge in [-0.1, -0.05) is 71.1 Å². The minimum atomic E-state index is -0.964. The molecule has 0 radical (unpaired) electrons. The number of ether oxygens (including phenoxy) is 1. The summed E-state index contributed by atoms with van der Waals surface area (Å²) in [5.41, 5.74) is 5.31. The SMILES string of the molecule is CCOc1cccc(C2/C(=C(\O)c3nc4c(C)cccn4c3C)C(=O)C(=O)N2c2nnc(SCc3ccc(C)cc3)s2)c1. The van der Waals surface area contributed by atoms with Gasteiger partial charge in [0, 0.05) is 11.9 Å². The Bertz CT molecular complexity index is 1890. The maximum absolute atomic E-state index is 13.7. The molecule has 43 heavy (non-hydrogen) atoms. The number of thioether (sulfide) groups is 1. The molecule has 0 aliphatic carbocycles. The van der Waals surface area contributed by atoms with Gasteiger partial charge in [0.25, 0.3) is 5.78 Å². The van der Waals surface area contributed by atoms with Crippen molar-refractivity contribution >= 4 is 51.3 Å². The summed E-state index contributed by atoms with van der Waals surface area (Å²) in [6.45, 7) is 8.11. The van der Waals surface area contributed by atoms with E-state index >= 15 is 0 Å². The number of aliphatic hydroxyl groups excluding tert-OH is 1. The second kappa shape index (κ2) is 11.7. The van der Waals surface area contributed by atoms with Gasteiger partial charge in [-0.25, -0.2) is 4.98 Å². The molecule has 1 saturated heterocycles. The van der Waals surface area contributed by atoms with Gasteiger partial charge in [-0.15, -0.1) is 10.2 Å². The molecule has 1 aliphatic rings. The molecule has 1 unspecified atom stereocenters. The Morgan fingerprint density at radius 1 is 1.05 bits per heavy atom. The van der Waals surface area contributed by atoms with Crippen LogP contribution in [0.3, 0.4) is 0 Å². The lowest BCUT2D eigenvalue weighted by atomic mass is 9.96. The number of aromatic nitrogens is 4. The number of benzene rings is 2. The first-order valence-corrected chi connectivity index (χ1v) is 15.6. The third kappa shape index (κ3) is 5.30. The monoisotopic (exact) mass is 611 g/mol. The molecule has 218 valence electrons. The van der Waals surface area contributed by atoms with Gasteiger partial charge in [-0.2, -0.15) is 0 Å². The van der Waals surface area contributed by atoms with Crippen molar-refractivity contribution in [2.75, 3.05) is 11.5 Å². The molecule has 3 aromatic heterocycles. The maximum atomic E-state index is 13.7. The summed E-state index contributed by atoms with van der Waals surface area (Å²) in [7, 11) is 0. The molecule has 2 aromatic carbocycles. The number of carbonyl (C=O) groups is 2. The van der Waals surface area contributed by atoms with Crippen molar-refractivity contribution in [3.05, 3.63) is 106 Å². The number of fused-ring (bicyclic) bond motifs is 1. The minimum Gasteiger partial charge on any atom is -0.505 e. The summed E-state index contributed by atoms with van der Waals surface area (Å²) in [5, 5.41) is 20.6. The summed E-state index contributed by atoms with van der Waals surface area (Å²) in [6, 6.07) is 18.3. The van der Waals surface area contributed by atoms with E-state index in [0.29, 0.717) is 39.4 Å². The Balaban J connectivity index is 1.44. The first kappa shape index (κ1) is 28.6. The number of ketones is 1. The van der Waals surface area contributed by atoms with Crippen molar-refractivity contribution < 1.29 is 19.4 Å². The van der Waals surface area contributed by atoms with E-state index in [-0.39, 0.29) is 22.2 Å². The average Bonchev–Trinajstić information content (AvgIpc) is 3.68. The van der Waals surface area contributed by atoms with E-state index in [1.165, 1.54) is 33.6 Å². The number of amides is 1. The lowest BCUT2D eigenvalue weighted by Gasteiger charge is -2.22. The van der Waals surface area contributed by atoms with Crippen molar-refractivity contribution in [3.8, 4) is 5.75 Å². The molecular weight excluding hydrogens is 583 g/mol. The number of aryl methyl sites for hydroxylation is 3. The zero-order chi connectivity index (χ0) is 30.2. The number of carbonyl (C=O) groups excluding carboxylic acids is 2. The lowest BCUT2D eigenvalue weighted by Crippen LogP contribution is -2.29. The highest BCUT2D eigenvalue weighted by Gasteiger charge is 2.49. The lowest BCUT2D eigenvalue weighted by molar-refractivity contribution is -0.132. The molecule has 1 N–H and O–H groups in total. The number of Topliss-reactive ketones (excluding diaryl/α,β-unsaturated/α-hetero) is 1. The number of hydrogen-bond donors (Lipinski definition) is 1. The van der Waals surface area contributed by atoms with Gasteiger partial charge >= 0.3 is 5.91 Å². The normalized spacial score (nSPS) is 16.4. The smallest absolute Gasteiger partial charge is 0.301 e. The zero-order valence-corrected chi connectivity index (χ0v) is 25.7. The van der Waals surface area contributed by atoms with E-state index < -0.39 is 17.7 Å². The minimum absolute atomic E-state index is 0.0631. The Hall–Kier alpha value is -4.48. The molecule has 0 saturated carbocycles. The fourth-order valence-corrected chi connectivity index (χ4v) is 6.97. The van der Waals surface area contributed by atoms with Crippen molar-refractivity contribution in [1.29, 1.82) is 0 Å². The van der Waals surface area contributed by atoms with Crippen LogP contribution in [-0.4, -0.2) is 43.0 Å². The molecule has 0 spiro atoms. The van der Waals surface area contributed by atoms with Crippen LogP contribution in [-0.2, 0) is 15.3 Å². The highest BCUT2D eigenvalue weighted by molar-refractivity contribution is 8.00. The van der Waals surface area contributed by atoms with Crippen LogP contribution in [0.4, 0.5) is 5.13 Å². The fraction of sp³-hybridized carbons (Fsp3) is 0.219. The summed E-state index contributed by atoms with van der Waals surface area (Å²) >= 11 is 2.73. The number of anilines is 1. The topological polar surface area (TPSA) is 110 Å². The van der Waals surface area contributed by atoms with Gasteiger partial charge in [-0.3, -0.25) is 14.5 Å². The van der Waals surface area contributed by atoms with Crippen LogP contribution in [0.5, 0.6) is 5.75 Å². The number of nitrogens with zero attached hydrogens (tertiary/aromatic N) is 5. The van der Waals surface area contributed by atoms with Crippen LogP contribution in [0.2, 0.25) is 0 Å². The highest BCUT2D eigenvalue weighted by atomic mass is 32.2. The van der Waals surface area contributed by atoms with Gasteiger partial charge in [-0.05, 0) is 62.6 Å². The van der Waals surface area contributed by atoms with Crippen molar-refractivity contribution in [2.24, 2.45) is 0 Å². The molecule has 1 amide bonds. The number of rotatable bonds is 8. The standard InChI is InChI=1S/C32H29N5O4S2/c1-5-41-23-10-6-9-22(16-23)26-24(27(38)25-20(4)36-15-7-8-19(3)29(36)33-25)28(39)30(40)37(26)31-34-35-32(43-31)42-17-21-13-11-18(2)12-14-21/h6-16,26,38H,5,17H2,1-4H3/b27-24+. The fourth-order valence-electron chi connectivity index (χ4n) is 5.15. The third-order valence-electron chi connectivity index (χ3n) is 7.32. The molecule has 1 aliphatic heterocycles. The predicted octanol–water partition coefficient (Wildman–Crippen LogP) is 6.43. The number of imidazole rings is 1. The van der Waals surface area contributed by atoms with Gasteiger partial charge < -0.3 is 14.2 Å². The Labute approximate surface area is 256 Å². The average molecular weight is 612 g/mol. The molecular formula is C32H29N5O4S2. The Kier molecular flexibility index (Phi) is 7.76. The van der Waals surface area contributed by atoms with E-state index in [2.05, 4.69) is 39.4 Å². The summed E-state index contributed by atoms with van der Waals surface area (Å²) in [5.74, 6) is -0.692. The van der Waals surface area contributed by atoms with Crippen LogP contribution in [0.25, 0.3) is 11.4 Å². The third-order valence-corrected chi connectivity index (χ3v) is 9.45.